The number of hydrogen-bond donors (Lipinski definition) is 0. The Morgan fingerprint density at radius 2 is 2.31 bits per heavy atom. The summed E-state index contributed by atoms with van der Waals surface area (Å²) in [4.78, 5) is 4.66. The molecule has 0 amide bonds. The SMILES string of the molecule is C/C=C\N=S(C)(=O)c1ccc(OCC)nc1. The van der Waals surface area contributed by atoms with Crippen LogP contribution in [0.2, 0.25) is 0 Å². The van der Waals surface area contributed by atoms with Crippen molar-refractivity contribution in [2.24, 2.45) is 4.36 Å². The normalized spacial score (nSPS) is 14.7. The summed E-state index contributed by atoms with van der Waals surface area (Å²) in [5.74, 6) is 0.535. The first kappa shape index (κ1) is 12.7. The second kappa shape index (κ2) is 5.65. The zero-order valence-electron chi connectivity index (χ0n) is 9.71. The first-order valence-corrected chi connectivity index (χ1v) is 6.93. The lowest BCUT2D eigenvalue weighted by Gasteiger charge is -2.04. The van der Waals surface area contributed by atoms with Gasteiger partial charge in [0.2, 0.25) is 5.88 Å². The maximum atomic E-state index is 12.1. The van der Waals surface area contributed by atoms with Gasteiger partial charge in [-0.1, -0.05) is 6.08 Å². The van der Waals surface area contributed by atoms with E-state index in [1.54, 1.807) is 36.9 Å². The van der Waals surface area contributed by atoms with Crippen molar-refractivity contribution < 1.29 is 8.95 Å². The fraction of sp³-hybridized carbons (Fsp3) is 0.364. The van der Waals surface area contributed by atoms with Crippen molar-refractivity contribution in [1.82, 2.24) is 4.98 Å². The van der Waals surface area contributed by atoms with E-state index >= 15 is 0 Å². The van der Waals surface area contributed by atoms with E-state index in [9.17, 15) is 4.21 Å². The summed E-state index contributed by atoms with van der Waals surface area (Å²) in [6.07, 6.45) is 6.41. The summed E-state index contributed by atoms with van der Waals surface area (Å²) in [7, 11) is -2.38. The van der Waals surface area contributed by atoms with Crippen LogP contribution in [0.3, 0.4) is 0 Å². The van der Waals surface area contributed by atoms with Crippen LogP contribution in [0.5, 0.6) is 5.88 Å². The van der Waals surface area contributed by atoms with Crippen LogP contribution in [0, 0.1) is 0 Å². The largest absolute Gasteiger partial charge is 0.478 e. The summed E-state index contributed by atoms with van der Waals surface area (Å²) in [5, 5.41) is 0. The fourth-order valence-electron chi connectivity index (χ4n) is 1.06. The second-order valence-electron chi connectivity index (χ2n) is 3.16. The Balaban J connectivity index is 3.02. The minimum Gasteiger partial charge on any atom is -0.478 e. The van der Waals surface area contributed by atoms with E-state index in [1.165, 1.54) is 0 Å². The minimum atomic E-state index is -2.38. The van der Waals surface area contributed by atoms with Crippen molar-refractivity contribution in [1.29, 1.82) is 0 Å². The number of hydrogen-bond acceptors (Lipinski definition) is 4. The molecule has 0 aliphatic heterocycles. The molecule has 4 nitrogen and oxygen atoms in total. The van der Waals surface area contributed by atoms with E-state index in [-0.39, 0.29) is 0 Å². The molecule has 0 aliphatic carbocycles. The van der Waals surface area contributed by atoms with E-state index < -0.39 is 9.73 Å². The number of allylic oxidation sites excluding steroid dienone is 1. The number of pyridine rings is 1. The average Bonchev–Trinajstić information content (AvgIpc) is 2.28. The monoisotopic (exact) mass is 240 g/mol. The van der Waals surface area contributed by atoms with E-state index in [1.807, 2.05) is 13.8 Å². The molecular formula is C11H16N2O2S. The molecule has 0 aliphatic rings. The lowest BCUT2D eigenvalue weighted by atomic mass is 10.5. The van der Waals surface area contributed by atoms with Gasteiger partial charge in [-0.15, -0.1) is 0 Å². The van der Waals surface area contributed by atoms with Crippen molar-refractivity contribution in [3.8, 4) is 5.88 Å². The van der Waals surface area contributed by atoms with Gasteiger partial charge in [0.1, 0.15) is 0 Å². The van der Waals surface area contributed by atoms with Crippen LogP contribution in [0.1, 0.15) is 13.8 Å². The van der Waals surface area contributed by atoms with Gasteiger partial charge in [0.05, 0.1) is 21.2 Å². The molecule has 0 spiro atoms. The molecule has 1 aromatic heterocycles. The predicted molar refractivity (Wildman–Crippen MR) is 65.0 cm³/mol. The van der Waals surface area contributed by atoms with Crippen LogP contribution in [-0.4, -0.2) is 22.1 Å². The highest BCUT2D eigenvalue weighted by Crippen LogP contribution is 2.14. The highest BCUT2D eigenvalue weighted by molar-refractivity contribution is 7.93. The van der Waals surface area contributed by atoms with Gasteiger partial charge < -0.3 is 4.74 Å². The molecule has 0 saturated carbocycles. The van der Waals surface area contributed by atoms with Crippen LogP contribution in [-0.2, 0) is 9.73 Å². The van der Waals surface area contributed by atoms with Gasteiger partial charge in [0.25, 0.3) is 0 Å². The van der Waals surface area contributed by atoms with Gasteiger partial charge in [0, 0.05) is 24.7 Å². The fourth-order valence-corrected chi connectivity index (χ4v) is 2.11. The summed E-state index contributed by atoms with van der Waals surface area (Å²) in [5.41, 5.74) is 0. The van der Waals surface area contributed by atoms with Crippen LogP contribution in [0.15, 0.2) is 39.9 Å². The maximum Gasteiger partial charge on any atom is 0.213 e. The molecule has 1 heterocycles. The summed E-state index contributed by atoms with van der Waals surface area (Å²) >= 11 is 0. The van der Waals surface area contributed by atoms with Crippen molar-refractivity contribution in [2.75, 3.05) is 12.9 Å². The van der Waals surface area contributed by atoms with E-state index in [4.69, 9.17) is 4.74 Å². The predicted octanol–water partition coefficient (Wildman–Crippen LogP) is 2.47. The third kappa shape index (κ3) is 3.34. The Labute approximate surface area is 96.5 Å². The third-order valence-corrected chi connectivity index (χ3v) is 3.49. The molecular weight excluding hydrogens is 224 g/mol. The van der Waals surface area contributed by atoms with Gasteiger partial charge in [0.15, 0.2) is 0 Å². The summed E-state index contributed by atoms with van der Waals surface area (Å²) < 4.78 is 21.3. The van der Waals surface area contributed by atoms with E-state index in [0.29, 0.717) is 17.4 Å². The molecule has 1 aromatic rings. The molecule has 0 saturated heterocycles. The Morgan fingerprint density at radius 1 is 1.56 bits per heavy atom. The van der Waals surface area contributed by atoms with Crippen molar-refractivity contribution in [3.63, 3.8) is 0 Å². The first-order chi connectivity index (χ1) is 7.60. The molecule has 1 atom stereocenters. The van der Waals surface area contributed by atoms with Gasteiger partial charge in [-0.3, -0.25) is 0 Å². The molecule has 0 bridgehead atoms. The smallest absolute Gasteiger partial charge is 0.213 e. The molecule has 5 heteroatoms. The minimum absolute atomic E-state index is 0.535. The number of rotatable bonds is 4. The number of aromatic nitrogens is 1. The topological polar surface area (TPSA) is 51.5 Å². The lowest BCUT2D eigenvalue weighted by Crippen LogP contribution is -1.99. The Bertz CT molecular complexity index is 471. The molecule has 88 valence electrons. The quantitative estimate of drug-likeness (QED) is 0.812. The molecule has 16 heavy (non-hydrogen) atoms. The van der Waals surface area contributed by atoms with Crippen LogP contribution in [0.25, 0.3) is 0 Å². The molecule has 0 fully saturated rings. The zero-order valence-corrected chi connectivity index (χ0v) is 10.5. The van der Waals surface area contributed by atoms with Crippen LogP contribution >= 0.6 is 0 Å². The van der Waals surface area contributed by atoms with Gasteiger partial charge in [-0.05, 0) is 19.9 Å². The number of nitrogens with zero attached hydrogens (tertiary/aromatic N) is 2. The standard InChI is InChI=1S/C11H16N2O2S/c1-4-8-13-16(3,14)10-6-7-11(12-9-10)15-5-2/h4,6-9H,5H2,1-3H3/b8-4-. The zero-order chi connectivity index (χ0) is 12.0. The summed E-state index contributed by atoms with van der Waals surface area (Å²) in [6, 6.07) is 3.43. The van der Waals surface area contributed by atoms with Crippen LogP contribution < -0.4 is 4.74 Å². The highest BCUT2D eigenvalue weighted by atomic mass is 32.2. The molecule has 0 radical (unpaired) electrons. The van der Waals surface area contributed by atoms with Crippen molar-refractivity contribution in [2.45, 2.75) is 18.7 Å². The third-order valence-electron chi connectivity index (χ3n) is 1.85. The van der Waals surface area contributed by atoms with Gasteiger partial charge in [-0.2, -0.15) is 0 Å². The Hall–Kier alpha value is -1.36. The molecule has 0 aromatic carbocycles. The Morgan fingerprint density at radius 3 is 2.81 bits per heavy atom. The van der Waals surface area contributed by atoms with Crippen LogP contribution in [0.4, 0.5) is 0 Å². The molecule has 0 N–H and O–H groups in total. The number of ether oxygens (including phenoxy) is 1. The summed E-state index contributed by atoms with van der Waals surface area (Å²) in [6.45, 7) is 4.28. The lowest BCUT2D eigenvalue weighted by molar-refractivity contribution is 0.326. The van der Waals surface area contributed by atoms with E-state index in [0.717, 1.165) is 0 Å². The second-order valence-corrected chi connectivity index (χ2v) is 5.44. The molecule has 1 unspecified atom stereocenters. The van der Waals surface area contributed by atoms with Crippen molar-refractivity contribution >= 4 is 9.73 Å². The first-order valence-electron chi connectivity index (χ1n) is 5.01. The molecule has 1 rings (SSSR count). The van der Waals surface area contributed by atoms with Crippen molar-refractivity contribution in [3.05, 3.63) is 30.6 Å². The maximum absolute atomic E-state index is 12.1. The van der Waals surface area contributed by atoms with Gasteiger partial charge in [-0.25, -0.2) is 13.6 Å². The van der Waals surface area contributed by atoms with E-state index in [2.05, 4.69) is 9.35 Å². The highest BCUT2D eigenvalue weighted by Gasteiger charge is 2.05. The average molecular weight is 240 g/mol. The Kier molecular flexibility index (Phi) is 4.49. The van der Waals surface area contributed by atoms with Gasteiger partial charge >= 0.3 is 0 Å².